The summed E-state index contributed by atoms with van der Waals surface area (Å²) in [5.41, 5.74) is 0.686. The number of thioether (sulfide) groups is 1. The van der Waals surface area contributed by atoms with Gasteiger partial charge in [0, 0.05) is 16.3 Å². The highest BCUT2D eigenvalue weighted by Gasteiger charge is 2.05. The average Bonchev–Trinajstić information content (AvgIpc) is 2.14. The van der Waals surface area contributed by atoms with Crippen LogP contribution in [-0.2, 0) is 0 Å². The van der Waals surface area contributed by atoms with Gasteiger partial charge in [-0.3, -0.25) is 4.79 Å². The molecule has 3 heteroatoms. The van der Waals surface area contributed by atoms with E-state index in [1.807, 2.05) is 0 Å². The summed E-state index contributed by atoms with van der Waals surface area (Å²) in [5.74, 6) is 0.866. The van der Waals surface area contributed by atoms with E-state index in [-0.39, 0.29) is 5.12 Å². The van der Waals surface area contributed by atoms with Crippen molar-refractivity contribution in [2.24, 2.45) is 0 Å². The second kappa shape index (κ2) is 5.30. The van der Waals surface area contributed by atoms with Gasteiger partial charge in [0.2, 0.25) is 5.12 Å². The fourth-order valence-electron chi connectivity index (χ4n) is 0.894. The van der Waals surface area contributed by atoms with Crippen molar-refractivity contribution < 1.29 is 4.79 Å². The van der Waals surface area contributed by atoms with E-state index in [1.165, 1.54) is 11.8 Å². The topological polar surface area (TPSA) is 17.1 Å². The number of benzene rings is 1. The van der Waals surface area contributed by atoms with Crippen molar-refractivity contribution in [1.29, 1.82) is 0 Å². The Morgan fingerprint density at radius 2 is 2.31 bits per heavy atom. The zero-order valence-electron chi connectivity index (χ0n) is 7.42. The highest BCUT2D eigenvalue weighted by atomic mass is 35.5. The molecule has 1 aromatic rings. The molecule has 0 unspecified atom stereocenters. The van der Waals surface area contributed by atoms with Crippen LogP contribution in [0.15, 0.2) is 24.3 Å². The fourth-order valence-corrected chi connectivity index (χ4v) is 1.77. The van der Waals surface area contributed by atoms with Gasteiger partial charge in [0.25, 0.3) is 0 Å². The monoisotopic (exact) mass is 214 g/mol. The molecule has 0 fully saturated rings. The van der Waals surface area contributed by atoms with Gasteiger partial charge in [0.05, 0.1) is 0 Å². The van der Waals surface area contributed by atoms with Gasteiger partial charge in [-0.05, 0) is 18.6 Å². The van der Waals surface area contributed by atoms with E-state index in [1.54, 1.807) is 24.3 Å². The molecule has 0 N–H and O–H groups in total. The van der Waals surface area contributed by atoms with Crippen LogP contribution in [0.3, 0.4) is 0 Å². The summed E-state index contributed by atoms with van der Waals surface area (Å²) in [7, 11) is 0. The molecule has 0 amide bonds. The van der Waals surface area contributed by atoms with Crippen LogP contribution in [0.5, 0.6) is 0 Å². The van der Waals surface area contributed by atoms with Crippen LogP contribution >= 0.6 is 23.4 Å². The molecule has 0 aromatic heterocycles. The van der Waals surface area contributed by atoms with E-state index in [9.17, 15) is 4.79 Å². The van der Waals surface area contributed by atoms with E-state index in [0.29, 0.717) is 10.6 Å². The van der Waals surface area contributed by atoms with E-state index < -0.39 is 0 Å². The van der Waals surface area contributed by atoms with Crippen molar-refractivity contribution >= 4 is 28.5 Å². The first-order valence-corrected chi connectivity index (χ1v) is 5.53. The summed E-state index contributed by atoms with van der Waals surface area (Å²) >= 11 is 7.10. The fraction of sp³-hybridized carbons (Fsp3) is 0.300. The summed E-state index contributed by atoms with van der Waals surface area (Å²) in [4.78, 5) is 11.5. The third-order valence-corrected chi connectivity index (χ3v) is 2.84. The van der Waals surface area contributed by atoms with E-state index in [2.05, 4.69) is 6.92 Å². The van der Waals surface area contributed by atoms with Crippen LogP contribution in [0.2, 0.25) is 5.02 Å². The molecule has 0 atom stereocenters. The first-order chi connectivity index (χ1) is 6.24. The number of halogens is 1. The number of hydrogen-bond acceptors (Lipinski definition) is 2. The Bertz CT molecular complexity index is 299. The maximum Gasteiger partial charge on any atom is 0.219 e. The highest BCUT2D eigenvalue weighted by molar-refractivity contribution is 8.14. The minimum absolute atomic E-state index is 0.101. The largest absolute Gasteiger partial charge is 0.282 e. The molecule has 0 aliphatic heterocycles. The first-order valence-electron chi connectivity index (χ1n) is 4.16. The Balaban J connectivity index is 2.66. The maximum atomic E-state index is 11.5. The molecular weight excluding hydrogens is 204 g/mol. The van der Waals surface area contributed by atoms with Crippen LogP contribution in [0.4, 0.5) is 0 Å². The summed E-state index contributed by atoms with van der Waals surface area (Å²) in [5, 5.41) is 0.715. The minimum atomic E-state index is 0.101. The highest BCUT2D eigenvalue weighted by Crippen LogP contribution is 2.16. The summed E-state index contributed by atoms with van der Waals surface area (Å²) in [6, 6.07) is 7.05. The molecule has 1 aromatic carbocycles. The standard InChI is InChI=1S/C10H11ClOS/c1-2-6-13-10(12)8-4-3-5-9(11)7-8/h3-5,7H,2,6H2,1H3. The lowest BCUT2D eigenvalue weighted by Gasteiger charge is -1.99. The van der Waals surface area contributed by atoms with Gasteiger partial charge in [-0.25, -0.2) is 0 Å². The molecule has 0 saturated heterocycles. The lowest BCUT2D eigenvalue weighted by Crippen LogP contribution is -1.93. The van der Waals surface area contributed by atoms with Gasteiger partial charge in [-0.1, -0.05) is 42.4 Å². The van der Waals surface area contributed by atoms with E-state index in [0.717, 1.165) is 12.2 Å². The van der Waals surface area contributed by atoms with Crippen LogP contribution in [-0.4, -0.2) is 10.9 Å². The number of carbonyl (C=O) groups excluding carboxylic acids is 1. The van der Waals surface area contributed by atoms with Crippen molar-refractivity contribution in [2.75, 3.05) is 5.75 Å². The molecule has 70 valence electrons. The maximum absolute atomic E-state index is 11.5. The molecule has 0 spiro atoms. The predicted molar refractivity (Wildman–Crippen MR) is 58.5 cm³/mol. The van der Waals surface area contributed by atoms with Crippen molar-refractivity contribution in [3.05, 3.63) is 34.9 Å². The van der Waals surface area contributed by atoms with Crippen LogP contribution < -0.4 is 0 Å². The van der Waals surface area contributed by atoms with Crippen LogP contribution in [0.25, 0.3) is 0 Å². The second-order valence-corrected chi connectivity index (χ2v) is 4.15. The molecule has 0 aliphatic carbocycles. The van der Waals surface area contributed by atoms with Crippen molar-refractivity contribution in [1.82, 2.24) is 0 Å². The van der Waals surface area contributed by atoms with Crippen LogP contribution in [0, 0.1) is 0 Å². The summed E-state index contributed by atoms with van der Waals surface area (Å²) in [6.45, 7) is 2.05. The van der Waals surface area contributed by atoms with Gasteiger partial charge in [0.15, 0.2) is 0 Å². The second-order valence-electron chi connectivity index (χ2n) is 2.65. The summed E-state index contributed by atoms with van der Waals surface area (Å²) < 4.78 is 0. The molecule has 0 radical (unpaired) electrons. The Labute approximate surface area is 87.5 Å². The average molecular weight is 215 g/mol. The minimum Gasteiger partial charge on any atom is -0.282 e. The normalized spacial score (nSPS) is 10.0. The van der Waals surface area contributed by atoms with Crippen LogP contribution in [0.1, 0.15) is 23.7 Å². The Kier molecular flexibility index (Phi) is 4.33. The molecule has 0 saturated carbocycles. The number of hydrogen-bond donors (Lipinski definition) is 0. The molecule has 0 aliphatic rings. The van der Waals surface area contributed by atoms with Gasteiger partial charge in [-0.15, -0.1) is 0 Å². The van der Waals surface area contributed by atoms with E-state index >= 15 is 0 Å². The Morgan fingerprint density at radius 1 is 1.54 bits per heavy atom. The third-order valence-electron chi connectivity index (χ3n) is 1.50. The molecule has 0 bridgehead atoms. The lowest BCUT2D eigenvalue weighted by atomic mass is 10.2. The molecule has 13 heavy (non-hydrogen) atoms. The Hall–Kier alpha value is -0.470. The zero-order valence-corrected chi connectivity index (χ0v) is 8.99. The predicted octanol–water partition coefficient (Wildman–Crippen LogP) is 3.62. The smallest absolute Gasteiger partial charge is 0.219 e. The molecule has 0 heterocycles. The first kappa shape index (κ1) is 10.6. The molecule has 1 nitrogen and oxygen atoms in total. The van der Waals surface area contributed by atoms with Gasteiger partial charge >= 0.3 is 0 Å². The van der Waals surface area contributed by atoms with Crippen molar-refractivity contribution in [3.63, 3.8) is 0 Å². The molecular formula is C10H11ClOS. The third kappa shape index (κ3) is 3.41. The lowest BCUT2D eigenvalue weighted by molar-refractivity contribution is 0.108. The summed E-state index contributed by atoms with van der Waals surface area (Å²) in [6.07, 6.45) is 1.01. The number of rotatable bonds is 3. The van der Waals surface area contributed by atoms with E-state index in [4.69, 9.17) is 11.6 Å². The number of carbonyl (C=O) groups is 1. The van der Waals surface area contributed by atoms with Gasteiger partial charge in [-0.2, -0.15) is 0 Å². The zero-order chi connectivity index (χ0) is 9.68. The quantitative estimate of drug-likeness (QED) is 0.765. The van der Waals surface area contributed by atoms with Crippen molar-refractivity contribution in [2.45, 2.75) is 13.3 Å². The SMILES string of the molecule is CCCSC(=O)c1cccc(Cl)c1. The van der Waals surface area contributed by atoms with Crippen molar-refractivity contribution in [3.8, 4) is 0 Å². The van der Waals surface area contributed by atoms with Gasteiger partial charge in [0.1, 0.15) is 0 Å². The molecule has 1 rings (SSSR count). The van der Waals surface area contributed by atoms with Gasteiger partial charge < -0.3 is 0 Å². The Morgan fingerprint density at radius 3 is 2.92 bits per heavy atom.